The third-order valence-corrected chi connectivity index (χ3v) is 4.49. The first kappa shape index (κ1) is 14.3. The maximum atomic E-state index is 12.3. The summed E-state index contributed by atoms with van der Waals surface area (Å²) < 4.78 is 0. The molecule has 2 atom stereocenters. The monoisotopic (exact) mass is 269 g/mol. The van der Waals surface area contributed by atoms with Crippen LogP contribution in [0.5, 0.6) is 0 Å². The van der Waals surface area contributed by atoms with Gasteiger partial charge in [0.1, 0.15) is 0 Å². The summed E-state index contributed by atoms with van der Waals surface area (Å²) in [5, 5.41) is 18.3. The first-order valence-electron chi connectivity index (χ1n) is 7.13. The van der Waals surface area contributed by atoms with Crippen LogP contribution >= 0.6 is 0 Å². The van der Waals surface area contributed by atoms with E-state index in [0.29, 0.717) is 25.3 Å². The molecule has 0 aliphatic heterocycles. The Morgan fingerprint density at radius 2 is 1.79 bits per heavy atom. The topological polar surface area (TPSA) is 77.8 Å². The van der Waals surface area contributed by atoms with Gasteiger partial charge >= 0.3 is 5.97 Å². The van der Waals surface area contributed by atoms with Crippen LogP contribution in [0.15, 0.2) is 0 Å². The Balaban J connectivity index is 1.82. The number of hydrogen-bond acceptors (Lipinski definition) is 3. The first-order valence-corrected chi connectivity index (χ1v) is 7.13. The van der Waals surface area contributed by atoms with Gasteiger partial charge in [-0.15, -0.1) is 0 Å². The van der Waals surface area contributed by atoms with E-state index >= 15 is 0 Å². The van der Waals surface area contributed by atoms with Crippen LogP contribution in [0, 0.1) is 17.8 Å². The lowest BCUT2D eigenvalue weighted by molar-refractivity contribution is -0.145. The number of carboxylic acid groups (broad SMARTS) is 1. The minimum absolute atomic E-state index is 0.0762. The smallest absolute Gasteiger partial charge is 0.306 e. The highest BCUT2D eigenvalue weighted by Crippen LogP contribution is 2.32. The van der Waals surface area contributed by atoms with Gasteiger partial charge in [0.2, 0.25) is 5.91 Å². The number of rotatable bonds is 4. The molecule has 0 aromatic rings. The summed E-state index contributed by atoms with van der Waals surface area (Å²) >= 11 is 0. The van der Waals surface area contributed by atoms with Gasteiger partial charge in [-0.05, 0) is 38.0 Å². The zero-order valence-corrected chi connectivity index (χ0v) is 11.4. The van der Waals surface area contributed by atoms with Gasteiger partial charge in [-0.3, -0.25) is 9.59 Å². The number of hydrogen-bond donors (Lipinski definition) is 2. The minimum atomic E-state index is -0.776. The van der Waals surface area contributed by atoms with Crippen LogP contribution in [0.25, 0.3) is 0 Å². The number of carboxylic acids is 1. The molecule has 5 nitrogen and oxygen atoms in total. The Labute approximate surface area is 113 Å². The number of aliphatic hydroxyl groups is 1. The van der Waals surface area contributed by atoms with Gasteiger partial charge in [0, 0.05) is 19.5 Å². The fraction of sp³-hybridized carbons (Fsp3) is 0.857. The van der Waals surface area contributed by atoms with Crippen molar-refractivity contribution in [1.82, 2.24) is 4.90 Å². The van der Waals surface area contributed by atoms with Gasteiger partial charge in [-0.2, -0.15) is 0 Å². The molecule has 2 aliphatic carbocycles. The predicted molar refractivity (Wildman–Crippen MR) is 69.5 cm³/mol. The highest BCUT2D eigenvalue weighted by atomic mass is 16.4. The first-order chi connectivity index (χ1) is 8.97. The lowest BCUT2D eigenvalue weighted by Crippen LogP contribution is -2.43. The summed E-state index contributed by atoms with van der Waals surface area (Å²) in [6.45, 7) is 0.685. The second-order valence-electron chi connectivity index (χ2n) is 6.11. The summed E-state index contributed by atoms with van der Waals surface area (Å²) in [6.07, 6.45) is 4.16. The van der Waals surface area contributed by atoms with E-state index in [-0.39, 0.29) is 23.8 Å². The third kappa shape index (κ3) is 3.47. The Morgan fingerprint density at radius 1 is 1.16 bits per heavy atom. The van der Waals surface area contributed by atoms with E-state index in [2.05, 4.69) is 0 Å². The molecule has 0 aromatic carbocycles. The molecule has 108 valence electrons. The second kappa shape index (κ2) is 5.90. The van der Waals surface area contributed by atoms with Crippen molar-refractivity contribution in [3.63, 3.8) is 0 Å². The van der Waals surface area contributed by atoms with E-state index in [4.69, 9.17) is 5.11 Å². The van der Waals surface area contributed by atoms with E-state index < -0.39 is 5.97 Å². The van der Waals surface area contributed by atoms with E-state index in [1.54, 1.807) is 11.9 Å². The van der Waals surface area contributed by atoms with Crippen LogP contribution < -0.4 is 0 Å². The summed E-state index contributed by atoms with van der Waals surface area (Å²) in [5.74, 6) is -0.788. The van der Waals surface area contributed by atoms with E-state index in [1.165, 1.54) is 0 Å². The Kier molecular flexibility index (Phi) is 4.45. The fourth-order valence-electron chi connectivity index (χ4n) is 3.28. The number of aliphatic hydroxyl groups excluding tert-OH is 1. The van der Waals surface area contributed by atoms with Crippen LogP contribution in [0.1, 0.15) is 38.5 Å². The molecule has 0 saturated heterocycles. The van der Waals surface area contributed by atoms with Crippen molar-refractivity contribution in [3.8, 4) is 0 Å². The molecule has 2 aliphatic rings. The number of carbonyl (C=O) groups is 2. The van der Waals surface area contributed by atoms with Crippen molar-refractivity contribution in [2.45, 2.75) is 44.6 Å². The summed E-state index contributed by atoms with van der Waals surface area (Å²) in [7, 11) is 1.79. The number of nitrogens with zero attached hydrogens (tertiary/aromatic N) is 1. The standard InChI is InChI=1S/C14H23NO4/c1-15(8-9-5-12(16)6-9)13(17)10-3-2-4-11(7-10)14(18)19/h9-12,16H,2-8H2,1H3,(H,18,19). The van der Waals surface area contributed by atoms with Crippen molar-refractivity contribution in [2.75, 3.05) is 13.6 Å². The molecule has 0 bridgehead atoms. The van der Waals surface area contributed by atoms with Gasteiger partial charge in [-0.1, -0.05) is 6.42 Å². The predicted octanol–water partition coefficient (Wildman–Crippen LogP) is 1.11. The summed E-state index contributed by atoms with van der Waals surface area (Å²) in [4.78, 5) is 25.0. The van der Waals surface area contributed by atoms with Crippen molar-refractivity contribution < 1.29 is 19.8 Å². The van der Waals surface area contributed by atoms with E-state index in [0.717, 1.165) is 25.7 Å². The lowest BCUT2D eigenvalue weighted by atomic mass is 9.79. The quantitative estimate of drug-likeness (QED) is 0.801. The lowest BCUT2D eigenvalue weighted by Gasteiger charge is -2.36. The van der Waals surface area contributed by atoms with Crippen molar-refractivity contribution in [3.05, 3.63) is 0 Å². The molecule has 2 fully saturated rings. The molecule has 0 radical (unpaired) electrons. The van der Waals surface area contributed by atoms with Crippen LogP contribution in [0.2, 0.25) is 0 Å². The zero-order valence-electron chi connectivity index (χ0n) is 11.4. The van der Waals surface area contributed by atoms with Crippen molar-refractivity contribution >= 4 is 11.9 Å². The molecule has 19 heavy (non-hydrogen) atoms. The van der Waals surface area contributed by atoms with Crippen molar-refractivity contribution in [2.24, 2.45) is 17.8 Å². The third-order valence-electron chi connectivity index (χ3n) is 4.49. The van der Waals surface area contributed by atoms with Gasteiger partial charge in [0.15, 0.2) is 0 Å². The van der Waals surface area contributed by atoms with Gasteiger partial charge < -0.3 is 15.1 Å². The highest BCUT2D eigenvalue weighted by Gasteiger charge is 2.34. The average Bonchev–Trinajstić information content (AvgIpc) is 2.36. The van der Waals surface area contributed by atoms with Crippen molar-refractivity contribution in [1.29, 1.82) is 0 Å². The molecule has 1 amide bonds. The molecular weight excluding hydrogens is 246 g/mol. The number of amides is 1. The highest BCUT2D eigenvalue weighted by molar-refractivity contribution is 5.80. The zero-order chi connectivity index (χ0) is 14.0. The summed E-state index contributed by atoms with van der Waals surface area (Å²) in [6, 6.07) is 0. The normalized spacial score (nSPS) is 34.4. The maximum Gasteiger partial charge on any atom is 0.306 e. The van der Waals surface area contributed by atoms with Crippen LogP contribution in [-0.2, 0) is 9.59 Å². The van der Waals surface area contributed by atoms with E-state index in [1.807, 2.05) is 0 Å². The number of carbonyl (C=O) groups excluding carboxylic acids is 1. The fourth-order valence-corrected chi connectivity index (χ4v) is 3.28. The Morgan fingerprint density at radius 3 is 2.37 bits per heavy atom. The van der Waals surface area contributed by atoms with Gasteiger partial charge in [0.05, 0.1) is 12.0 Å². The SMILES string of the molecule is CN(CC1CC(O)C1)C(=O)C1CCCC(C(=O)O)C1. The second-order valence-corrected chi connectivity index (χ2v) is 6.11. The molecule has 2 unspecified atom stereocenters. The molecule has 0 spiro atoms. The van der Waals surface area contributed by atoms with Gasteiger partial charge in [-0.25, -0.2) is 0 Å². The maximum absolute atomic E-state index is 12.3. The van der Waals surface area contributed by atoms with Crippen LogP contribution in [-0.4, -0.2) is 46.7 Å². The molecule has 2 N–H and O–H groups in total. The molecule has 0 aromatic heterocycles. The largest absolute Gasteiger partial charge is 0.481 e. The molecule has 2 saturated carbocycles. The Bertz CT molecular complexity index is 351. The van der Waals surface area contributed by atoms with E-state index in [9.17, 15) is 14.7 Å². The minimum Gasteiger partial charge on any atom is -0.481 e. The summed E-state index contributed by atoms with van der Waals surface area (Å²) in [5.41, 5.74) is 0. The molecule has 0 heterocycles. The van der Waals surface area contributed by atoms with Crippen LogP contribution in [0.3, 0.4) is 0 Å². The average molecular weight is 269 g/mol. The molecule has 5 heteroatoms. The molecular formula is C14H23NO4. The number of aliphatic carboxylic acids is 1. The van der Waals surface area contributed by atoms with Gasteiger partial charge in [0.25, 0.3) is 0 Å². The Hall–Kier alpha value is -1.10. The van der Waals surface area contributed by atoms with Crippen LogP contribution in [0.4, 0.5) is 0 Å². The molecule has 2 rings (SSSR count).